The number of aliphatic hydroxyl groups excluding tert-OH is 1. The Morgan fingerprint density at radius 2 is 2.23 bits per heavy atom. The summed E-state index contributed by atoms with van der Waals surface area (Å²) in [7, 11) is 0. The minimum Gasteiger partial charge on any atom is -0.396 e. The monoisotopic (exact) mass is 183 g/mol. The van der Waals surface area contributed by atoms with E-state index in [1.165, 1.54) is 6.07 Å². The summed E-state index contributed by atoms with van der Waals surface area (Å²) in [4.78, 5) is 0. The van der Waals surface area contributed by atoms with Gasteiger partial charge in [-0.2, -0.15) is 0 Å². The standard InChI is InChI=1S/C10H14FNO/c1-2-8(13)6-7-4-3-5-9(12)10(7)11/h3-5,8,13H,2,6,12H2,1H3. The Morgan fingerprint density at radius 3 is 2.85 bits per heavy atom. The Balaban J connectivity index is 2.83. The Labute approximate surface area is 77.2 Å². The van der Waals surface area contributed by atoms with E-state index < -0.39 is 11.9 Å². The van der Waals surface area contributed by atoms with Crippen LogP contribution in [-0.2, 0) is 6.42 Å². The number of hydrogen-bond donors (Lipinski definition) is 2. The zero-order valence-electron chi connectivity index (χ0n) is 7.63. The SMILES string of the molecule is CCC(O)Cc1cccc(N)c1F. The molecule has 1 aromatic carbocycles. The molecule has 0 aliphatic carbocycles. The smallest absolute Gasteiger partial charge is 0.149 e. The molecule has 0 saturated heterocycles. The molecule has 13 heavy (non-hydrogen) atoms. The molecule has 0 aromatic heterocycles. The first kappa shape index (κ1) is 9.99. The molecule has 3 heteroatoms. The summed E-state index contributed by atoms with van der Waals surface area (Å²) in [6.45, 7) is 1.86. The van der Waals surface area contributed by atoms with Crippen molar-refractivity contribution in [1.82, 2.24) is 0 Å². The number of benzene rings is 1. The van der Waals surface area contributed by atoms with Gasteiger partial charge >= 0.3 is 0 Å². The molecule has 0 amide bonds. The number of rotatable bonds is 3. The normalized spacial score (nSPS) is 12.8. The third kappa shape index (κ3) is 2.42. The van der Waals surface area contributed by atoms with Crippen molar-refractivity contribution >= 4 is 5.69 Å². The summed E-state index contributed by atoms with van der Waals surface area (Å²) < 4.78 is 13.3. The lowest BCUT2D eigenvalue weighted by Crippen LogP contribution is -2.10. The average Bonchev–Trinajstić information content (AvgIpc) is 2.13. The van der Waals surface area contributed by atoms with Crippen molar-refractivity contribution in [3.63, 3.8) is 0 Å². The highest BCUT2D eigenvalue weighted by molar-refractivity contribution is 5.43. The predicted molar refractivity (Wildman–Crippen MR) is 50.8 cm³/mol. The fraction of sp³-hybridized carbons (Fsp3) is 0.400. The van der Waals surface area contributed by atoms with E-state index in [-0.39, 0.29) is 5.69 Å². The van der Waals surface area contributed by atoms with Crippen molar-refractivity contribution in [2.45, 2.75) is 25.9 Å². The molecular weight excluding hydrogens is 169 g/mol. The van der Waals surface area contributed by atoms with Crippen molar-refractivity contribution in [2.24, 2.45) is 0 Å². The van der Waals surface area contributed by atoms with Crippen LogP contribution in [-0.4, -0.2) is 11.2 Å². The van der Waals surface area contributed by atoms with Crippen LogP contribution in [0.1, 0.15) is 18.9 Å². The van der Waals surface area contributed by atoms with Gasteiger partial charge in [-0.05, 0) is 18.1 Å². The predicted octanol–water partition coefficient (Wildman–Crippen LogP) is 1.72. The first-order valence-corrected chi connectivity index (χ1v) is 4.36. The van der Waals surface area contributed by atoms with E-state index in [0.717, 1.165) is 0 Å². The van der Waals surface area contributed by atoms with Gasteiger partial charge in [0.15, 0.2) is 0 Å². The van der Waals surface area contributed by atoms with Gasteiger partial charge in [0.25, 0.3) is 0 Å². The molecule has 0 fully saturated rings. The topological polar surface area (TPSA) is 46.2 Å². The van der Waals surface area contributed by atoms with Gasteiger partial charge in [0.2, 0.25) is 0 Å². The van der Waals surface area contributed by atoms with Crippen LogP contribution in [0.4, 0.5) is 10.1 Å². The lowest BCUT2D eigenvalue weighted by atomic mass is 10.1. The van der Waals surface area contributed by atoms with E-state index in [1.807, 2.05) is 6.92 Å². The molecule has 1 rings (SSSR count). The molecule has 0 spiro atoms. The fourth-order valence-corrected chi connectivity index (χ4v) is 1.16. The fourth-order valence-electron chi connectivity index (χ4n) is 1.16. The summed E-state index contributed by atoms with van der Waals surface area (Å²) in [5, 5.41) is 9.32. The summed E-state index contributed by atoms with van der Waals surface area (Å²) in [5.74, 6) is -0.407. The molecule has 0 aliphatic rings. The maximum absolute atomic E-state index is 13.3. The highest BCUT2D eigenvalue weighted by atomic mass is 19.1. The van der Waals surface area contributed by atoms with Gasteiger partial charge in [0.1, 0.15) is 5.82 Å². The Morgan fingerprint density at radius 1 is 1.54 bits per heavy atom. The number of aliphatic hydroxyl groups is 1. The van der Waals surface area contributed by atoms with Crippen LogP contribution < -0.4 is 5.73 Å². The second-order valence-electron chi connectivity index (χ2n) is 3.09. The zero-order chi connectivity index (χ0) is 9.84. The number of halogens is 1. The van der Waals surface area contributed by atoms with E-state index in [1.54, 1.807) is 12.1 Å². The number of nitrogens with two attached hydrogens (primary N) is 1. The van der Waals surface area contributed by atoms with Crippen LogP contribution >= 0.6 is 0 Å². The Kier molecular flexibility index (Phi) is 3.25. The first-order valence-electron chi connectivity index (χ1n) is 4.36. The first-order chi connectivity index (χ1) is 6.15. The van der Waals surface area contributed by atoms with Gasteiger partial charge in [0, 0.05) is 6.42 Å². The summed E-state index contributed by atoms with van der Waals surface area (Å²) in [5.41, 5.74) is 6.00. The van der Waals surface area contributed by atoms with Crippen LogP contribution in [0.3, 0.4) is 0 Å². The largest absolute Gasteiger partial charge is 0.396 e. The third-order valence-electron chi connectivity index (χ3n) is 2.04. The second kappa shape index (κ2) is 4.23. The van der Waals surface area contributed by atoms with Gasteiger partial charge in [-0.3, -0.25) is 0 Å². The molecule has 0 heterocycles. The minimum atomic E-state index is -0.490. The van der Waals surface area contributed by atoms with E-state index in [2.05, 4.69) is 0 Å². The summed E-state index contributed by atoms with van der Waals surface area (Å²) >= 11 is 0. The minimum absolute atomic E-state index is 0.140. The van der Waals surface area contributed by atoms with Crippen molar-refractivity contribution in [3.05, 3.63) is 29.6 Å². The average molecular weight is 183 g/mol. The van der Waals surface area contributed by atoms with Gasteiger partial charge in [-0.25, -0.2) is 4.39 Å². The third-order valence-corrected chi connectivity index (χ3v) is 2.04. The quantitative estimate of drug-likeness (QED) is 0.701. The molecular formula is C10H14FNO. The Bertz CT molecular complexity index is 288. The number of anilines is 1. The zero-order valence-corrected chi connectivity index (χ0v) is 7.63. The molecule has 72 valence electrons. The molecule has 0 bridgehead atoms. The second-order valence-corrected chi connectivity index (χ2v) is 3.09. The van der Waals surface area contributed by atoms with Gasteiger partial charge in [0.05, 0.1) is 11.8 Å². The van der Waals surface area contributed by atoms with Crippen LogP contribution in [0.25, 0.3) is 0 Å². The number of hydrogen-bond acceptors (Lipinski definition) is 2. The molecule has 0 aliphatic heterocycles. The lowest BCUT2D eigenvalue weighted by Gasteiger charge is -2.09. The van der Waals surface area contributed by atoms with Gasteiger partial charge < -0.3 is 10.8 Å². The molecule has 0 saturated carbocycles. The molecule has 1 aromatic rings. The maximum atomic E-state index is 13.3. The highest BCUT2D eigenvalue weighted by Gasteiger charge is 2.09. The molecule has 1 atom stereocenters. The summed E-state index contributed by atoms with van der Waals surface area (Å²) in [6.07, 6.45) is 0.457. The maximum Gasteiger partial charge on any atom is 0.149 e. The Hall–Kier alpha value is -1.09. The van der Waals surface area contributed by atoms with Crippen molar-refractivity contribution in [1.29, 1.82) is 0 Å². The van der Waals surface area contributed by atoms with Crippen molar-refractivity contribution < 1.29 is 9.50 Å². The van der Waals surface area contributed by atoms with Crippen molar-refractivity contribution in [3.8, 4) is 0 Å². The lowest BCUT2D eigenvalue weighted by molar-refractivity contribution is 0.169. The van der Waals surface area contributed by atoms with E-state index in [9.17, 15) is 9.50 Å². The molecule has 2 nitrogen and oxygen atoms in total. The molecule has 3 N–H and O–H groups in total. The van der Waals surface area contributed by atoms with E-state index in [4.69, 9.17) is 5.73 Å². The molecule has 1 unspecified atom stereocenters. The number of nitrogen functional groups attached to an aromatic ring is 1. The van der Waals surface area contributed by atoms with Crippen LogP contribution in [0, 0.1) is 5.82 Å². The van der Waals surface area contributed by atoms with Crippen LogP contribution in [0.15, 0.2) is 18.2 Å². The summed E-state index contributed by atoms with van der Waals surface area (Å²) in [6, 6.07) is 4.85. The van der Waals surface area contributed by atoms with Crippen molar-refractivity contribution in [2.75, 3.05) is 5.73 Å². The molecule has 0 radical (unpaired) electrons. The van der Waals surface area contributed by atoms with E-state index >= 15 is 0 Å². The highest BCUT2D eigenvalue weighted by Crippen LogP contribution is 2.16. The van der Waals surface area contributed by atoms with Crippen LogP contribution in [0.5, 0.6) is 0 Å². The van der Waals surface area contributed by atoms with Crippen LogP contribution in [0.2, 0.25) is 0 Å². The van der Waals surface area contributed by atoms with Gasteiger partial charge in [-0.1, -0.05) is 19.1 Å². The van der Waals surface area contributed by atoms with E-state index in [0.29, 0.717) is 18.4 Å². The van der Waals surface area contributed by atoms with Gasteiger partial charge in [-0.15, -0.1) is 0 Å².